The van der Waals surface area contributed by atoms with Gasteiger partial charge in [-0.25, -0.2) is 4.98 Å². The first kappa shape index (κ1) is 18.8. The molecule has 1 N–H and O–H groups in total. The van der Waals surface area contributed by atoms with Gasteiger partial charge in [-0.1, -0.05) is 24.6 Å². The van der Waals surface area contributed by atoms with Crippen LogP contribution in [0.15, 0.2) is 29.8 Å². The third kappa shape index (κ3) is 3.59. The Morgan fingerprint density at radius 2 is 2.23 bits per heavy atom. The lowest BCUT2D eigenvalue weighted by Crippen LogP contribution is -2.45. The molecule has 2 aromatic rings. The number of hydrogen-bond acceptors (Lipinski definition) is 4. The molecule has 1 aliphatic heterocycles. The average molecular weight is 393 g/mol. The fourth-order valence-corrected chi connectivity index (χ4v) is 4.28. The van der Waals surface area contributed by atoms with Crippen LogP contribution in [0.3, 0.4) is 0 Å². The van der Waals surface area contributed by atoms with Crippen molar-refractivity contribution in [2.45, 2.75) is 26.3 Å². The summed E-state index contributed by atoms with van der Waals surface area (Å²) in [7, 11) is 1.83. The molecule has 1 unspecified atom stereocenters. The zero-order valence-electron chi connectivity index (χ0n) is 15.0. The number of imidazole rings is 1. The molecule has 138 valence electrons. The zero-order chi connectivity index (χ0) is 18.8. The first-order chi connectivity index (χ1) is 12.4. The topological polar surface area (TPSA) is 67.2 Å². The lowest BCUT2D eigenvalue weighted by molar-refractivity contribution is -0.133. The molecule has 1 saturated heterocycles. The summed E-state index contributed by atoms with van der Waals surface area (Å²) in [6.07, 6.45) is 2.67. The number of carbonyl (C=O) groups is 2. The Labute approximate surface area is 161 Å². The number of anilines is 1. The SMILES string of the molecule is CCC=C(C)C(=O)N1CSCC1C(=O)Nc1nc2cc(Cl)ccc2n1C. The number of amides is 2. The summed E-state index contributed by atoms with van der Waals surface area (Å²) in [5.41, 5.74) is 2.26. The van der Waals surface area contributed by atoms with Crippen LogP contribution in [0.25, 0.3) is 11.0 Å². The molecule has 26 heavy (non-hydrogen) atoms. The number of hydrogen-bond donors (Lipinski definition) is 1. The van der Waals surface area contributed by atoms with Crippen LogP contribution in [0, 0.1) is 0 Å². The maximum absolute atomic E-state index is 12.8. The summed E-state index contributed by atoms with van der Waals surface area (Å²) in [4.78, 5) is 31.4. The van der Waals surface area contributed by atoms with Gasteiger partial charge in [0.1, 0.15) is 6.04 Å². The van der Waals surface area contributed by atoms with Gasteiger partial charge in [-0.05, 0) is 31.5 Å². The Balaban J connectivity index is 1.80. The van der Waals surface area contributed by atoms with Crippen LogP contribution < -0.4 is 5.32 Å². The average Bonchev–Trinajstić information content (AvgIpc) is 3.20. The standard InChI is InChI=1S/C18H21ClN4O2S/c1-4-5-11(2)17(25)23-10-26-9-15(23)16(24)21-18-20-13-8-12(19)6-7-14(13)22(18)3/h5-8,15H,4,9-10H2,1-3H3,(H,20,21,24). The second-order valence-corrected chi connectivity index (χ2v) is 7.64. The molecule has 0 saturated carbocycles. The first-order valence-electron chi connectivity index (χ1n) is 8.40. The van der Waals surface area contributed by atoms with Gasteiger partial charge in [0, 0.05) is 23.4 Å². The van der Waals surface area contributed by atoms with Gasteiger partial charge in [-0.3, -0.25) is 14.9 Å². The molecule has 1 aromatic heterocycles. The summed E-state index contributed by atoms with van der Waals surface area (Å²) in [6.45, 7) is 3.77. The monoisotopic (exact) mass is 392 g/mol. The third-order valence-corrected chi connectivity index (χ3v) is 5.62. The Bertz CT molecular complexity index is 893. The predicted molar refractivity (Wildman–Crippen MR) is 106 cm³/mol. The van der Waals surface area contributed by atoms with Crippen LogP contribution in [0.1, 0.15) is 20.3 Å². The second kappa shape index (κ2) is 7.72. The number of carbonyl (C=O) groups excluding carboxylic acids is 2. The van der Waals surface area contributed by atoms with E-state index in [1.807, 2.05) is 26.1 Å². The van der Waals surface area contributed by atoms with E-state index in [1.54, 1.807) is 40.3 Å². The highest BCUT2D eigenvalue weighted by atomic mass is 35.5. The summed E-state index contributed by atoms with van der Waals surface area (Å²) in [5.74, 6) is 1.22. The number of aromatic nitrogens is 2. The predicted octanol–water partition coefficient (Wildman–Crippen LogP) is 3.42. The minimum atomic E-state index is -0.504. The normalized spacial score (nSPS) is 17.8. The number of fused-ring (bicyclic) bond motifs is 1. The van der Waals surface area contributed by atoms with Crippen molar-refractivity contribution < 1.29 is 9.59 Å². The van der Waals surface area contributed by atoms with E-state index < -0.39 is 6.04 Å². The fraction of sp³-hybridized carbons (Fsp3) is 0.389. The minimum absolute atomic E-state index is 0.0891. The van der Waals surface area contributed by atoms with E-state index in [1.165, 1.54) is 0 Å². The van der Waals surface area contributed by atoms with Crippen molar-refractivity contribution in [1.29, 1.82) is 0 Å². The highest BCUT2D eigenvalue weighted by Gasteiger charge is 2.35. The molecule has 1 atom stereocenters. The maximum Gasteiger partial charge on any atom is 0.250 e. The van der Waals surface area contributed by atoms with Crippen molar-refractivity contribution in [3.63, 3.8) is 0 Å². The molecule has 8 heteroatoms. The van der Waals surface area contributed by atoms with Gasteiger partial charge in [0.15, 0.2) is 0 Å². The highest BCUT2D eigenvalue weighted by Crippen LogP contribution is 2.25. The summed E-state index contributed by atoms with van der Waals surface area (Å²) >= 11 is 7.59. The molecule has 6 nitrogen and oxygen atoms in total. The number of allylic oxidation sites excluding steroid dienone is 1. The van der Waals surface area contributed by atoms with Gasteiger partial charge in [-0.2, -0.15) is 0 Å². The van der Waals surface area contributed by atoms with Gasteiger partial charge in [-0.15, -0.1) is 11.8 Å². The van der Waals surface area contributed by atoms with Crippen LogP contribution in [0.4, 0.5) is 5.95 Å². The van der Waals surface area contributed by atoms with E-state index in [9.17, 15) is 9.59 Å². The number of benzene rings is 1. The van der Waals surface area contributed by atoms with E-state index in [4.69, 9.17) is 11.6 Å². The highest BCUT2D eigenvalue weighted by molar-refractivity contribution is 7.99. The van der Waals surface area contributed by atoms with Crippen LogP contribution in [0.2, 0.25) is 5.02 Å². The molecule has 0 spiro atoms. The quantitative estimate of drug-likeness (QED) is 0.809. The largest absolute Gasteiger partial charge is 0.317 e. The molecular formula is C18H21ClN4O2S. The molecule has 0 bridgehead atoms. The summed E-state index contributed by atoms with van der Waals surface area (Å²) in [6, 6.07) is 4.90. The molecule has 3 rings (SSSR count). The number of nitrogens with zero attached hydrogens (tertiary/aromatic N) is 3. The third-order valence-electron chi connectivity index (χ3n) is 4.37. The van der Waals surface area contributed by atoms with Crippen molar-refractivity contribution in [1.82, 2.24) is 14.5 Å². The fourth-order valence-electron chi connectivity index (χ4n) is 2.96. The molecule has 1 aromatic carbocycles. The Hall–Kier alpha value is -1.99. The number of halogens is 1. The van der Waals surface area contributed by atoms with Gasteiger partial charge in [0.25, 0.3) is 5.91 Å². The first-order valence-corrected chi connectivity index (χ1v) is 9.94. The molecular weight excluding hydrogens is 372 g/mol. The van der Waals surface area contributed by atoms with Crippen molar-refractivity contribution >= 4 is 52.2 Å². The summed E-state index contributed by atoms with van der Waals surface area (Å²) in [5, 5.41) is 3.45. The smallest absolute Gasteiger partial charge is 0.250 e. The lowest BCUT2D eigenvalue weighted by Gasteiger charge is -2.23. The van der Waals surface area contributed by atoms with Crippen LogP contribution >= 0.6 is 23.4 Å². The van der Waals surface area contributed by atoms with Gasteiger partial charge >= 0.3 is 0 Å². The lowest BCUT2D eigenvalue weighted by atomic mass is 10.2. The van der Waals surface area contributed by atoms with Gasteiger partial charge in [0.05, 0.1) is 16.9 Å². The van der Waals surface area contributed by atoms with E-state index in [0.717, 1.165) is 11.9 Å². The van der Waals surface area contributed by atoms with Gasteiger partial charge < -0.3 is 9.47 Å². The molecule has 1 aliphatic rings. The summed E-state index contributed by atoms with van der Waals surface area (Å²) < 4.78 is 1.81. The van der Waals surface area contributed by atoms with Crippen molar-refractivity contribution in [3.8, 4) is 0 Å². The molecule has 2 heterocycles. The van der Waals surface area contributed by atoms with Crippen LogP contribution in [0.5, 0.6) is 0 Å². The number of rotatable bonds is 4. The Kier molecular flexibility index (Phi) is 5.58. The molecule has 0 radical (unpaired) electrons. The Morgan fingerprint density at radius 3 is 2.96 bits per heavy atom. The van der Waals surface area contributed by atoms with E-state index in [0.29, 0.717) is 33.7 Å². The second-order valence-electron chi connectivity index (χ2n) is 6.20. The van der Waals surface area contributed by atoms with Gasteiger partial charge in [0.2, 0.25) is 11.9 Å². The Morgan fingerprint density at radius 1 is 1.46 bits per heavy atom. The minimum Gasteiger partial charge on any atom is -0.317 e. The van der Waals surface area contributed by atoms with E-state index >= 15 is 0 Å². The zero-order valence-corrected chi connectivity index (χ0v) is 16.5. The molecule has 2 amide bonds. The number of nitrogens with one attached hydrogen (secondary N) is 1. The number of aryl methyl sites for hydroxylation is 1. The van der Waals surface area contributed by atoms with Crippen LogP contribution in [-0.2, 0) is 16.6 Å². The number of thioether (sulfide) groups is 1. The van der Waals surface area contributed by atoms with Crippen molar-refractivity contribution in [2.24, 2.45) is 7.05 Å². The molecule has 1 fully saturated rings. The molecule has 0 aliphatic carbocycles. The van der Waals surface area contributed by atoms with Crippen molar-refractivity contribution in [3.05, 3.63) is 34.9 Å². The van der Waals surface area contributed by atoms with Crippen molar-refractivity contribution in [2.75, 3.05) is 16.9 Å². The van der Waals surface area contributed by atoms with E-state index in [2.05, 4.69) is 10.3 Å². The van der Waals surface area contributed by atoms with Crippen LogP contribution in [-0.4, -0.2) is 43.9 Å². The maximum atomic E-state index is 12.8. The van der Waals surface area contributed by atoms with E-state index in [-0.39, 0.29) is 11.8 Å².